The Morgan fingerprint density at radius 3 is 2.50 bits per heavy atom. The number of hydrogen-bond acceptors (Lipinski definition) is 1. The Morgan fingerprint density at radius 1 is 1.12 bits per heavy atom. The van der Waals surface area contributed by atoms with Gasteiger partial charge in [-0.3, -0.25) is 0 Å². The van der Waals surface area contributed by atoms with Gasteiger partial charge in [-0.05, 0) is 57.6 Å². The lowest BCUT2D eigenvalue weighted by atomic mass is 9.67. The number of nitrogens with one attached hydrogen (secondary N) is 1. The van der Waals surface area contributed by atoms with E-state index in [9.17, 15) is 13.2 Å². The molecule has 2 heterocycles. The van der Waals surface area contributed by atoms with Crippen LogP contribution in [0.4, 0.5) is 13.2 Å². The second kappa shape index (κ2) is 7.51. The smallest absolute Gasteiger partial charge is 0.376 e. The molecule has 5 heteroatoms. The zero-order valence-corrected chi connectivity index (χ0v) is 15.9. The van der Waals surface area contributed by atoms with Gasteiger partial charge in [0, 0.05) is 18.4 Å². The van der Waals surface area contributed by atoms with Gasteiger partial charge in [0.05, 0.1) is 30.8 Å². The number of rotatable bonds is 4. The fraction of sp³-hybridized carbons (Fsp3) is 0.714. The molecule has 2 aliphatic heterocycles. The van der Waals surface area contributed by atoms with Crippen LogP contribution in [0.15, 0.2) is 24.3 Å². The lowest BCUT2D eigenvalue weighted by molar-refractivity contribution is -0.905. The molecular formula is C21H31F3NO+. The van der Waals surface area contributed by atoms with Crippen LogP contribution in [0.25, 0.3) is 0 Å². The monoisotopic (exact) mass is 370 g/mol. The van der Waals surface area contributed by atoms with Crippen molar-refractivity contribution in [1.82, 2.24) is 0 Å². The Hall–Kier alpha value is -1.07. The molecule has 3 rings (SSSR count). The highest BCUT2D eigenvalue weighted by Gasteiger charge is 2.43. The van der Waals surface area contributed by atoms with Crippen LogP contribution in [-0.2, 0) is 16.3 Å². The molecule has 2 aliphatic rings. The molecule has 0 bridgehead atoms. The van der Waals surface area contributed by atoms with Gasteiger partial charge in [0.1, 0.15) is 0 Å². The van der Waals surface area contributed by atoms with Crippen LogP contribution < -0.4 is 4.90 Å². The Kier molecular flexibility index (Phi) is 5.69. The van der Waals surface area contributed by atoms with E-state index in [2.05, 4.69) is 13.8 Å². The number of piperidine rings is 1. The number of ether oxygens (including phenoxy) is 1. The van der Waals surface area contributed by atoms with E-state index in [-0.39, 0.29) is 11.0 Å². The van der Waals surface area contributed by atoms with E-state index in [1.54, 1.807) is 11.0 Å². The minimum absolute atomic E-state index is 0.229. The maximum Gasteiger partial charge on any atom is 0.416 e. The molecule has 1 N–H and O–H groups in total. The SMILES string of the molecule is CC1(C)C[C@](CC[NH+]2CCCCC2)(c2cccc(C(F)(F)F)c2)CCO1. The Bertz CT molecular complexity index is 608. The fourth-order valence-corrected chi connectivity index (χ4v) is 4.82. The molecule has 26 heavy (non-hydrogen) atoms. The van der Waals surface area contributed by atoms with Gasteiger partial charge in [0.15, 0.2) is 0 Å². The third kappa shape index (κ3) is 4.61. The van der Waals surface area contributed by atoms with Crippen molar-refractivity contribution in [3.63, 3.8) is 0 Å². The summed E-state index contributed by atoms with van der Waals surface area (Å²) >= 11 is 0. The van der Waals surface area contributed by atoms with E-state index in [0.29, 0.717) is 6.61 Å². The molecule has 0 aliphatic carbocycles. The highest BCUT2D eigenvalue weighted by atomic mass is 19.4. The van der Waals surface area contributed by atoms with Gasteiger partial charge < -0.3 is 9.64 Å². The fourth-order valence-electron chi connectivity index (χ4n) is 4.82. The Morgan fingerprint density at radius 2 is 1.85 bits per heavy atom. The Labute approximate surface area is 154 Å². The number of halogens is 3. The van der Waals surface area contributed by atoms with Crippen molar-refractivity contribution in [3.8, 4) is 0 Å². The number of benzene rings is 1. The van der Waals surface area contributed by atoms with Crippen LogP contribution in [-0.4, -0.2) is 31.8 Å². The second-order valence-electron chi connectivity index (χ2n) is 8.70. The molecule has 1 atom stereocenters. The Balaban J connectivity index is 1.87. The number of hydrogen-bond donors (Lipinski definition) is 1. The second-order valence-corrected chi connectivity index (χ2v) is 8.70. The molecule has 0 saturated carbocycles. The average molecular weight is 370 g/mol. The molecule has 146 valence electrons. The van der Waals surface area contributed by atoms with Crippen LogP contribution in [0.1, 0.15) is 63.5 Å². The van der Waals surface area contributed by atoms with Crippen molar-refractivity contribution in [3.05, 3.63) is 35.4 Å². The minimum atomic E-state index is -4.30. The van der Waals surface area contributed by atoms with Crippen LogP contribution >= 0.6 is 0 Å². The predicted octanol–water partition coefficient (Wildman–Crippen LogP) is 3.99. The zero-order valence-electron chi connectivity index (χ0n) is 15.9. The first-order valence-corrected chi connectivity index (χ1v) is 9.86. The van der Waals surface area contributed by atoms with Gasteiger partial charge in [0.2, 0.25) is 0 Å². The summed E-state index contributed by atoms with van der Waals surface area (Å²) in [5.41, 5.74) is -0.235. The third-order valence-corrected chi connectivity index (χ3v) is 6.16. The van der Waals surface area contributed by atoms with Crippen molar-refractivity contribution in [1.29, 1.82) is 0 Å². The molecule has 1 aromatic carbocycles. The highest BCUT2D eigenvalue weighted by molar-refractivity contribution is 5.33. The van der Waals surface area contributed by atoms with Gasteiger partial charge in [-0.1, -0.05) is 18.2 Å². The van der Waals surface area contributed by atoms with E-state index in [4.69, 9.17) is 4.74 Å². The first kappa shape index (κ1) is 19.7. The van der Waals surface area contributed by atoms with Crippen molar-refractivity contribution in [2.45, 2.75) is 69.6 Å². The molecule has 1 aromatic rings. The maximum atomic E-state index is 13.3. The molecule has 2 nitrogen and oxygen atoms in total. The lowest BCUT2D eigenvalue weighted by Gasteiger charge is -2.46. The van der Waals surface area contributed by atoms with Crippen molar-refractivity contribution < 1.29 is 22.8 Å². The van der Waals surface area contributed by atoms with Crippen LogP contribution in [0.2, 0.25) is 0 Å². The number of likely N-dealkylation sites (tertiary alicyclic amines) is 1. The van der Waals surface area contributed by atoms with Crippen LogP contribution in [0, 0.1) is 0 Å². The summed E-state index contributed by atoms with van der Waals surface area (Å²) in [5.74, 6) is 0. The van der Waals surface area contributed by atoms with Crippen LogP contribution in [0.3, 0.4) is 0 Å². The normalized spacial score (nSPS) is 27.4. The van der Waals surface area contributed by atoms with E-state index in [1.165, 1.54) is 44.5 Å². The molecule has 0 amide bonds. The molecule has 0 unspecified atom stereocenters. The van der Waals surface area contributed by atoms with Gasteiger partial charge in [-0.25, -0.2) is 0 Å². The summed E-state index contributed by atoms with van der Waals surface area (Å²) in [6.07, 6.45) is 2.04. The standard InChI is InChI=1S/C21H30F3NO/c1-19(2)16-20(10-14-26-19,9-13-25-11-4-3-5-12-25)17-7-6-8-18(15-17)21(22,23)24/h6-8,15H,3-5,9-14,16H2,1-2H3/p+1/t20-/m1/s1. The molecule has 2 fully saturated rings. The minimum Gasteiger partial charge on any atom is -0.376 e. The van der Waals surface area contributed by atoms with Crippen molar-refractivity contribution in [2.75, 3.05) is 26.2 Å². The van der Waals surface area contributed by atoms with Crippen LogP contribution in [0.5, 0.6) is 0 Å². The highest BCUT2D eigenvalue weighted by Crippen LogP contribution is 2.45. The lowest BCUT2D eigenvalue weighted by Crippen LogP contribution is -3.13. The van der Waals surface area contributed by atoms with Crippen molar-refractivity contribution in [2.24, 2.45) is 0 Å². The van der Waals surface area contributed by atoms with Crippen molar-refractivity contribution >= 4 is 0 Å². The van der Waals surface area contributed by atoms with E-state index >= 15 is 0 Å². The number of quaternary nitrogens is 1. The molecule has 2 saturated heterocycles. The van der Waals surface area contributed by atoms with Gasteiger partial charge >= 0.3 is 6.18 Å². The molecule has 0 radical (unpaired) electrons. The summed E-state index contributed by atoms with van der Waals surface area (Å²) in [4.78, 5) is 1.60. The molecular weight excluding hydrogens is 339 g/mol. The summed E-state index contributed by atoms with van der Waals surface area (Å²) in [7, 11) is 0. The van der Waals surface area contributed by atoms with Gasteiger partial charge in [-0.15, -0.1) is 0 Å². The summed E-state index contributed by atoms with van der Waals surface area (Å²) < 4.78 is 45.7. The average Bonchev–Trinajstić information content (AvgIpc) is 2.59. The maximum absolute atomic E-state index is 13.3. The number of alkyl halides is 3. The summed E-state index contributed by atoms with van der Waals surface area (Å²) in [6.45, 7) is 8.15. The summed E-state index contributed by atoms with van der Waals surface area (Å²) in [6, 6.07) is 6.02. The first-order valence-electron chi connectivity index (χ1n) is 9.86. The first-order chi connectivity index (χ1) is 12.2. The predicted molar refractivity (Wildman–Crippen MR) is 96.4 cm³/mol. The van der Waals surface area contributed by atoms with E-state index < -0.39 is 11.7 Å². The molecule has 0 spiro atoms. The quantitative estimate of drug-likeness (QED) is 0.846. The van der Waals surface area contributed by atoms with Gasteiger partial charge in [-0.2, -0.15) is 13.2 Å². The van der Waals surface area contributed by atoms with E-state index in [0.717, 1.165) is 31.4 Å². The van der Waals surface area contributed by atoms with E-state index in [1.807, 2.05) is 6.07 Å². The summed E-state index contributed by atoms with van der Waals surface area (Å²) in [5, 5.41) is 0. The zero-order chi connectivity index (χ0) is 18.8. The topological polar surface area (TPSA) is 13.7 Å². The molecule has 0 aromatic heterocycles. The largest absolute Gasteiger partial charge is 0.416 e. The van der Waals surface area contributed by atoms with Gasteiger partial charge in [0.25, 0.3) is 0 Å². The third-order valence-electron chi connectivity index (χ3n) is 6.16.